The number of amides is 1. The number of hydrogen-bond acceptors (Lipinski definition) is 2. The molecule has 2 unspecified atom stereocenters. The molecule has 2 aliphatic heterocycles. The predicted molar refractivity (Wildman–Crippen MR) is 76.6 cm³/mol. The standard InChI is InChI=1S/C15H19ClN2O/c1-10-12(5-2-6-13(10)16)15(19)18-7-3-4-11-8-17-9-14(11)18/h2,5-6,11,14,17H,3-4,7-9H2,1H3. The molecule has 3 rings (SSSR count). The normalized spacial score (nSPS) is 26.3. The molecule has 0 radical (unpaired) electrons. The average molecular weight is 279 g/mol. The molecule has 2 saturated heterocycles. The molecule has 1 amide bonds. The van der Waals surface area contributed by atoms with Crippen molar-refractivity contribution in [2.75, 3.05) is 19.6 Å². The van der Waals surface area contributed by atoms with Crippen molar-refractivity contribution in [1.82, 2.24) is 10.2 Å². The van der Waals surface area contributed by atoms with E-state index in [1.807, 2.05) is 30.0 Å². The van der Waals surface area contributed by atoms with Gasteiger partial charge in [-0.15, -0.1) is 0 Å². The minimum atomic E-state index is 0.137. The highest BCUT2D eigenvalue weighted by Gasteiger charge is 2.37. The fourth-order valence-electron chi connectivity index (χ4n) is 3.31. The van der Waals surface area contributed by atoms with Crippen molar-refractivity contribution < 1.29 is 4.79 Å². The number of benzene rings is 1. The van der Waals surface area contributed by atoms with Crippen LogP contribution in [0, 0.1) is 12.8 Å². The summed E-state index contributed by atoms with van der Waals surface area (Å²) in [5.74, 6) is 0.760. The zero-order valence-corrected chi connectivity index (χ0v) is 11.9. The van der Waals surface area contributed by atoms with Crippen LogP contribution in [-0.4, -0.2) is 36.5 Å². The SMILES string of the molecule is Cc1c(Cl)cccc1C(=O)N1CCCC2CNCC21. The quantitative estimate of drug-likeness (QED) is 0.856. The third kappa shape index (κ3) is 2.26. The van der Waals surface area contributed by atoms with E-state index < -0.39 is 0 Å². The summed E-state index contributed by atoms with van der Waals surface area (Å²) in [6, 6.07) is 5.94. The van der Waals surface area contributed by atoms with E-state index in [0.717, 1.165) is 37.2 Å². The third-order valence-corrected chi connectivity index (χ3v) is 4.85. The summed E-state index contributed by atoms with van der Waals surface area (Å²) in [6.45, 7) is 4.76. The summed E-state index contributed by atoms with van der Waals surface area (Å²) >= 11 is 6.13. The Bertz CT molecular complexity index is 503. The van der Waals surface area contributed by atoms with Crippen LogP contribution in [0.1, 0.15) is 28.8 Å². The average Bonchev–Trinajstić information content (AvgIpc) is 2.89. The van der Waals surface area contributed by atoms with Gasteiger partial charge in [-0.1, -0.05) is 17.7 Å². The molecular weight excluding hydrogens is 260 g/mol. The van der Waals surface area contributed by atoms with E-state index in [4.69, 9.17) is 11.6 Å². The third-order valence-electron chi connectivity index (χ3n) is 4.44. The summed E-state index contributed by atoms with van der Waals surface area (Å²) in [4.78, 5) is 14.8. The Hall–Kier alpha value is -1.06. The molecule has 19 heavy (non-hydrogen) atoms. The van der Waals surface area contributed by atoms with E-state index >= 15 is 0 Å². The highest BCUT2D eigenvalue weighted by Crippen LogP contribution is 2.29. The zero-order chi connectivity index (χ0) is 13.4. The summed E-state index contributed by atoms with van der Waals surface area (Å²) in [5.41, 5.74) is 1.64. The maximum atomic E-state index is 12.8. The molecule has 0 spiro atoms. The molecule has 2 atom stereocenters. The Morgan fingerprint density at radius 3 is 3.11 bits per heavy atom. The zero-order valence-electron chi connectivity index (χ0n) is 11.2. The van der Waals surface area contributed by atoms with Crippen molar-refractivity contribution in [2.24, 2.45) is 5.92 Å². The van der Waals surface area contributed by atoms with Crippen LogP contribution in [0.3, 0.4) is 0 Å². The monoisotopic (exact) mass is 278 g/mol. The first-order valence-corrected chi connectivity index (χ1v) is 7.33. The van der Waals surface area contributed by atoms with E-state index in [1.165, 1.54) is 6.42 Å². The first kappa shape index (κ1) is 12.9. The second-order valence-electron chi connectivity index (χ2n) is 5.54. The van der Waals surface area contributed by atoms with Crippen LogP contribution in [0.2, 0.25) is 5.02 Å². The second kappa shape index (κ2) is 5.14. The molecule has 2 aliphatic rings. The van der Waals surface area contributed by atoms with Gasteiger partial charge in [0.15, 0.2) is 0 Å². The van der Waals surface area contributed by atoms with Gasteiger partial charge in [0.25, 0.3) is 5.91 Å². The van der Waals surface area contributed by atoms with Crippen LogP contribution in [-0.2, 0) is 0 Å². The van der Waals surface area contributed by atoms with E-state index in [-0.39, 0.29) is 5.91 Å². The lowest BCUT2D eigenvalue weighted by Crippen LogP contribution is -2.48. The van der Waals surface area contributed by atoms with Crippen LogP contribution in [0.25, 0.3) is 0 Å². The molecule has 102 valence electrons. The van der Waals surface area contributed by atoms with Crippen molar-refractivity contribution in [3.05, 3.63) is 34.3 Å². The number of likely N-dealkylation sites (tertiary alicyclic amines) is 1. The summed E-state index contributed by atoms with van der Waals surface area (Å²) in [5, 5.41) is 4.08. The van der Waals surface area contributed by atoms with Crippen molar-refractivity contribution in [3.8, 4) is 0 Å². The van der Waals surface area contributed by atoms with Crippen molar-refractivity contribution >= 4 is 17.5 Å². The lowest BCUT2D eigenvalue weighted by Gasteiger charge is -2.37. The van der Waals surface area contributed by atoms with Crippen LogP contribution >= 0.6 is 11.6 Å². The smallest absolute Gasteiger partial charge is 0.254 e. The van der Waals surface area contributed by atoms with E-state index in [9.17, 15) is 4.79 Å². The Morgan fingerprint density at radius 2 is 2.26 bits per heavy atom. The molecule has 0 bridgehead atoms. The number of carbonyl (C=O) groups is 1. The van der Waals surface area contributed by atoms with Crippen molar-refractivity contribution in [1.29, 1.82) is 0 Å². The van der Waals surface area contributed by atoms with E-state index in [0.29, 0.717) is 17.0 Å². The fourth-order valence-corrected chi connectivity index (χ4v) is 3.49. The van der Waals surface area contributed by atoms with Gasteiger partial charge in [0.05, 0.1) is 0 Å². The minimum absolute atomic E-state index is 0.137. The predicted octanol–water partition coefficient (Wildman–Crippen LogP) is 2.47. The van der Waals surface area contributed by atoms with Gasteiger partial charge in [0, 0.05) is 36.3 Å². The van der Waals surface area contributed by atoms with Gasteiger partial charge >= 0.3 is 0 Å². The number of halogens is 1. The van der Waals surface area contributed by atoms with E-state index in [1.54, 1.807) is 0 Å². The lowest BCUT2D eigenvalue weighted by atomic mass is 9.91. The largest absolute Gasteiger partial charge is 0.334 e. The Kier molecular flexibility index (Phi) is 3.50. The van der Waals surface area contributed by atoms with Gasteiger partial charge in [-0.2, -0.15) is 0 Å². The Morgan fingerprint density at radius 1 is 1.42 bits per heavy atom. The van der Waals surface area contributed by atoms with Crippen LogP contribution < -0.4 is 5.32 Å². The minimum Gasteiger partial charge on any atom is -0.334 e. The van der Waals surface area contributed by atoms with Gasteiger partial charge in [0.2, 0.25) is 0 Å². The van der Waals surface area contributed by atoms with Gasteiger partial charge < -0.3 is 10.2 Å². The first-order valence-electron chi connectivity index (χ1n) is 6.95. The number of rotatable bonds is 1. The maximum Gasteiger partial charge on any atom is 0.254 e. The molecule has 4 heteroatoms. The van der Waals surface area contributed by atoms with Crippen molar-refractivity contribution in [2.45, 2.75) is 25.8 Å². The summed E-state index contributed by atoms with van der Waals surface area (Å²) in [6.07, 6.45) is 2.34. The van der Waals surface area contributed by atoms with Crippen LogP contribution in [0.4, 0.5) is 0 Å². The van der Waals surface area contributed by atoms with Crippen molar-refractivity contribution in [3.63, 3.8) is 0 Å². The number of piperidine rings is 1. The highest BCUT2D eigenvalue weighted by atomic mass is 35.5. The molecule has 0 aromatic heterocycles. The first-order chi connectivity index (χ1) is 9.18. The Labute approximate surface area is 118 Å². The molecule has 2 fully saturated rings. The number of fused-ring (bicyclic) bond motifs is 1. The van der Waals surface area contributed by atoms with E-state index in [2.05, 4.69) is 5.32 Å². The number of nitrogens with one attached hydrogen (secondary N) is 1. The van der Waals surface area contributed by atoms with Gasteiger partial charge in [-0.05, 0) is 43.4 Å². The highest BCUT2D eigenvalue weighted by molar-refractivity contribution is 6.31. The number of hydrogen-bond donors (Lipinski definition) is 1. The van der Waals surface area contributed by atoms with Crippen LogP contribution in [0.5, 0.6) is 0 Å². The van der Waals surface area contributed by atoms with Gasteiger partial charge in [-0.25, -0.2) is 0 Å². The molecule has 2 heterocycles. The fraction of sp³-hybridized carbons (Fsp3) is 0.533. The maximum absolute atomic E-state index is 12.8. The molecule has 1 N–H and O–H groups in total. The lowest BCUT2D eigenvalue weighted by molar-refractivity contribution is 0.0574. The topological polar surface area (TPSA) is 32.3 Å². The van der Waals surface area contributed by atoms with Crippen LogP contribution in [0.15, 0.2) is 18.2 Å². The second-order valence-corrected chi connectivity index (χ2v) is 5.95. The molecule has 3 nitrogen and oxygen atoms in total. The number of nitrogens with zero attached hydrogens (tertiary/aromatic N) is 1. The van der Waals surface area contributed by atoms with Gasteiger partial charge in [0.1, 0.15) is 0 Å². The Balaban J connectivity index is 1.88. The summed E-state index contributed by atoms with van der Waals surface area (Å²) in [7, 11) is 0. The molecule has 0 aliphatic carbocycles. The molecule has 0 saturated carbocycles. The van der Waals surface area contributed by atoms with Gasteiger partial charge in [-0.3, -0.25) is 4.79 Å². The molecule has 1 aromatic rings. The molecular formula is C15H19ClN2O. The molecule has 1 aromatic carbocycles. The number of carbonyl (C=O) groups excluding carboxylic acids is 1. The summed E-state index contributed by atoms with van der Waals surface area (Å²) < 4.78 is 0.